The number of amides is 3. The molecule has 5 unspecified atom stereocenters. The van der Waals surface area contributed by atoms with Crippen LogP contribution in [-0.2, 0) is 25.6 Å². The van der Waals surface area contributed by atoms with Crippen LogP contribution in [0.1, 0.15) is 39.2 Å². The fourth-order valence-corrected chi connectivity index (χ4v) is 3.82. The van der Waals surface area contributed by atoms with Gasteiger partial charge in [-0.05, 0) is 43.3 Å². The summed E-state index contributed by atoms with van der Waals surface area (Å²) in [4.78, 5) is 50.2. The summed E-state index contributed by atoms with van der Waals surface area (Å²) in [6.07, 6.45) is 1.42. The molecule has 10 nitrogen and oxygen atoms in total. The fraction of sp³-hybridized carbons (Fsp3) is 0.583. The fourth-order valence-electron chi connectivity index (χ4n) is 3.33. The lowest BCUT2D eigenvalue weighted by molar-refractivity contribution is -0.145. The first-order valence-corrected chi connectivity index (χ1v) is 13.0. The van der Waals surface area contributed by atoms with Crippen LogP contribution in [0.5, 0.6) is 0 Å². The monoisotopic (exact) mass is 510 g/mol. The molecule has 7 N–H and O–H groups in total. The lowest BCUT2D eigenvalue weighted by Crippen LogP contribution is -2.59. The van der Waals surface area contributed by atoms with Crippen LogP contribution < -0.4 is 21.7 Å². The number of benzene rings is 1. The van der Waals surface area contributed by atoms with Crippen LogP contribution in [0.3, 0.4) is 0 Å². The number of hydrogen-bond donors (Lipinski definition) is 6. The van der Waals surface area contributed by atoms with Crippen LogP contribution in [0.4, 0.5) is 0 Å². The SMILES string of the molecule is CSCCC(N)C(=O)NC(CC(C)C)C(=O)NC(Cc1ccccc1)C(=O)NC(C(=O)O)C(C)O. The summed E-state index contributed by atoms with van der Waals surface area (Å²) in [6.45, 7) is 5.04. The zero-order valence-corrected chi connectivity index (χ0v) is 21.5. The summed E-state index contributed by atoms with van der Waals surface area (Å²) in [5.74, 6) is -2.44. The predicted molar refractivity (Wildman–Crippen MR) is 136 cm³/mol. The van der Waals surface area contributed by atoms with Gasteiger partial charge in [0.05, 0.1) is 12.1 Å². The molecule has 0 heterocycles. The predicted octanol–water partition coefficient (Wildman–Crippen LogP) is 0.275. The summed E-state index contributed by atoms with van der Waals surface area (Å²) in [6, 6.07) is 4.53. The quantitative estimate of drug-likeness (QED) is 0.195. The maximum absolute atomic E-state index is 13.2. The van der Waals surface area contributed by atoms with Gasteiger partial charge in [-0.2, -0.15) is 11.8 Å². The zero-order chi connectivity index (χ0) is 26.5. The van der Waals surface area contributed by atoms with Crippen molar-refractivity contribution in [1.29, 1.82) is 0 Å². The highest BCUT2D eigenvalue weighted by molar-refractivity contribution is 7.98. The van der Waals surface area contributed by atoms with E-state index in [2.05, 4.69) is 16.0 Å². The molecule has 0 aliphatic carbocycles. The van der Waals surface area contributed by atoms with Crippen molar-refractivity contribution in [2.24, 2.45) is 11.7 Å². The number of carbonyl (C=O) groups excluding carboxylic acids is 3. The molecule has 11 heteroatoms. The Morgan fingerprint density at radius 1 is 0.943 bits per heavy atom. The van der Waals surface area contributed by atoms with E-state index >= 15 is 0 Å². The standard InChI is InChI=1S/C24H38N4O6S/c1-14(2)12-18(26-21(30)17(25)10-11-35-4)22(31)27-19(13-16-8-6-5-7-9-16)23(32)28-20(15(3)29)24(33)34/h5-9,14-15,17-20,29H,10-13,25H2,1-4H3,(H,26,30)(H,27,31)(H,28,32)(H,33,34). The second-order valence-electron chi connectivity index (χ2n) is 8.89. The topological polar surface area (TPSA) is 171 Å². The summed E-state index contributed by atoms with van der Waals surface area (Å²) < 4.78 is 0. The van der Waals surface area contributed by atoms with E-state index in [1.54, 1.807) is 42.1 Å². The Bertz CT molecular complexity index is 837. The number of aliphatic hydroxyl groups excluding tert-OH is 1. The number of aliphatic carboxylic acids is 1. The van der Waals surface area contributed by atoms with E-state index in [9.17, 15) is 29.4 Å². The van der Waals surface area contributed by atoms with E-state index in [-0.39, 0.29) is 12.3 Å². The summed E-state index contributed by atoms with van der Waals surface area (Å²) in [7, 11) is 0. The lowest BCUT2D eigenvalue weighted by atomic mass is 10.0. The third-order valence-corrected chi connectivity index (χ3v) is 5.92. The molecule has 3 amide bonds. The molecule has 0 fully saturated rings. The first kappa shape index (κ1) is 30.4. The molecule has 5 atom stereocenters. The van der Waals surface area contributed by atoms with Crippen molar-refractivity contribution in [2.45, 2.75) is 70.3 Å². The molecule has 1 rings (SSSR count). The van der Waals surface area contributed by atoms with Crippen molar-refractivity contribution in [1.82, 2.24) is 16.0 Å². The highest BCUT2D eigenvalue weighted by atomic mass is 32.2. The Morgan fingerprint density at radius 3 is 2.03 bits per heavy atom. The van der Waals surface area contributed by atoms with Crippen LogP contribution in [0.25, 0.3) is 0 Å². The smallest absolute Gasteiger partial charge is 0.328 e. The summed E-state index contributed by atoms with van der Waals surface area (Å²) >= 11 is 1.56. The van der Waals surface area contributed by atoms with Gasteiger partial charge in [-0.25, -0.2) is 4.79 Å². The van der Waals surface area contributed by atoms with Crippen molar-refractivity contribution in [3.05, 3.63) is 35.9 Å². The first-order valence-electron chi connectivity index (χ1n) is 11.6. The molecule has 0 aromatic heterocycles. The highest BCUT2D eigenvalue weighted by Crippen LogP contribution is 2.09. The van der Waals surface area contributed by atoms with Crippen molar-refractivity contribution in [3.8, 4) is 0 Å². The van der Waals surface area contributed by atoms with Crippen LogP contribution in [-0.4, -0.2) is 76.2 Å². The Hall–Kier alpha value is -2.63. The minimum absolute atomic E-state index is 0.0569. The first-order chi connectivity index (χ1) is 16.5. The third-order valence-electron chi connectivity index (χ3n) is 5.27. The van der Waals surface area contributed by atoms with Gasteiger partial charge in [0.1, 0.15) is 12.1 Å². The summed E-state index contributed by atoms with van der Waals surface area (Å²) in [5.41, 5.74) is 6.68. The molecule has 196 valence electrons. The van der Waals surface area contributed by atoms with Crippen molar-refractivity contribution in [3.63, 3.8) is 0 Å². The second-order valence-corrected chi connectivity index (χ2v) is 9.88. The number of carboxylic acids is 1. The molecule has 0 saturated carbocycles. The second kappa shape index (κ2) is 15.4. The third kappa shape index (κ3) is 11.1. The minimum atomic E-state index is -1.54. The number of rotatable bonds is 15. The maximum atomic E-state index is 13.2. The molecule has 0 aliphatic heterocycles. The Balaban J connectivity index is 3.09. The average Bonchev–Trinajstić information content (AvgIpc) is 2.79. The van der Waals surface area contributed by atoms with Crippen molar-refractivity contribution < 1.29 is 29.4 Å². The molecule has 0 saturated heterocycles. The largest absolute Gasteiger partial charge is 0.480 e. The van der Waals surface area contributed by atoms with E-state index in [1.807, 2.05) is 20.1 Å². The molecule has 0 aliphatic rings. The molecule has 0 bridgehead atoms. The van der Waals surface area contributed by atoms with E-state index < -0.39 is 54.0 Å². The number of carboxylic acid groups (broad SMARTS) is 1. The summed E-state index contributed by atoms with van der Waals surface area (Å²) in [5, 5.41) is 26.7. The minimum Gasteiger partial charge on any atom is -0.480 e. The molecular weight excluding hydrogens is 472 g/mol. The van der Waals surface area contributed by atoms with Crippen LogP contribution >= 0.6 is 11.8 Å². The van der Waals surface area contributed by atoms with E-state index in [4.69, 9.17) is 5.73 Å². The van der Waals surface area contributed by atoms with Gasteiger partial charge in [0.15, 0.2) is 6.04 Å². The lowest BCUT2D eigenvalue weighted by Gasteiger charge is -2.26. The zero-order valence-electron chi connectivity index (χ0n) is 20.7. The number of hydrogen-bond acceptors (Lipinski definition) is 7. The molecule has 1 aromatic carbocycles. The van der Waals surface area contributed by atoms with E-state index in [0.717, 1.165) is 5.56 Å². The normalized spacial score (nSPS) is 15.4. The number of carbonyl (C=O) groups is 4. The maximum Gasteiger partial charge on any atom is 0.328 e. The van der Waals surface area contributed by atoms with E-state index in [1.165, 1.54) is 6.92 Å². The molecule has 35 heavy (non-hydrogen) atoms. The van der Waals surface area contributed by atoms with E-state index in [0.29, 0.717) is 18.6 Å². The van der Waals surface area contributed by atoms with Gasteiger partial charge >= 0.3 is 5.97 Å². The number of thioether (sulfide) groups is 1. The Morgan fingerprint density at radius 2 is 1.51 bits per heavy atom. The van der Waals surface area contributed by atoms with Gasteiger partial charge in [0.25, 0.3) is 0 Å². The number of nitrogens with two attached hydrogens (primary N) is 1. The van der Waals surface area contributed by atoms with Gasteiger partial charge in [-0.15, -0.1) is 0 Å². The number of aliphatic hydroxyl groups is 1. The highest BCUT2D eigenvalue weighted by Gasteiger charge is 2.32. The Labute approximate surface area is 210 Å². The van der Waals surface area contributed by atoms with Gasteiger partial charge in [0.2, 0.25) is 17.7 Å². The average molecular weight is 511 g/mol. The number of nitrogens with one attached hydrogen (secondary N) is 3. The van der Waals surface area contributed by atoms with Gasteiger partial charge < -0.3 is 31.9 Å². The van der Waals surface area contributed by atoms with Crippen LogP contribution in [0, 0.1) is 5.92 Å². The molecule has 0 spiro atoms. The van der Waals surface area contributed by atoms with Gasteiger partial charge in [-0.1, -0.05) is 44.2 Å². The van der Waals surface area contributed by atoms with Crippen molar-refractivity contribution in [2.75, 3.05) is 12.0 Å². The molecule has 1 aromatic rings. The van der Waals surface area contributed by atoms with Crippen LogP contribution in [0.15, 0.2) is 30.3 Å². The van der Waals surface area contributed by atoms with Gasteiger partial charge in [0, 0.05) is 6.42 Å². The molecule has 0 radical (unpaired) electrons. The molecular formula is C24H38N4O6S. The van der Waals surface area contributed by atoms with Gasteiger partial charge in [-0.3, -0.25) is 14.4 Å². The van der Waals surface area contributed by atoms with Crippen LogP contribution in [0.2, 0.25) is 0 Å². The Kier molecular flexibility index (Phi) is 13.4. The van der Waals surface area contributed by atoms with Crippen molar-refractivity contribution >= 4 is 35.5 Å².